The first kappa shape index (κ1) is 22.6. The Bertz CT molecular complexity index is 293. The van der Waals surface area contributed by atoms with Crippen LogP contribution in [-0.4, -0.2) is 39.9 Å². The van der Waals surface area contributed by atoms with Crippen LogP contribution in [0.2, 0.25) is 0 Å². The summed E-state index contributed by atoms with van der Waals surface area (Å²) in [6.07, 6.45) is 9.65. The molecule has 0 heterocycles. The van der Waals surface area contributed by atoms with Crippen molar-refractivity contribution >= 4 is 5.78 Å². The smallest absolute Gasteiger partial charge is 0.167 e. The summed E-state index contributed by atoms with van der Waals surface area (Å²) >= 11 is 0. The summed E-state index contributed by atoms with van der Waals surface area (Å²) < 4.78 is 0. The van der Waals surface area contributed by atoms with Crippen molar-refractivity contribution < 1.29 is 20.1 Å². The molecule has 4 atom stereocenters. The summed E-state index contributed by atoms with van der Waals surface area (Å²) in [5.74, 6) is -0.470. The Labute approximate surface area is 142 Å². The van der Waals surface area contributed by atoms with Crippen LogP contribution in [-0.2, 0) is 4.79 Å². The Morgan fingerprint density at radius 3 is 1.83 bits per heavy atom. The minimum absolute atomic E-state index is 0.188. The molecule has 0 fully saturated rings. The van der Waals surface area contributed by atoms with Crippen LogP contribution < -0.4 is 0 Å². The van der Waals surface area contributed by atoms with E-state index in [-0.39, 0.29) is 17.6 Å². The van der Waals surface area contributed by atoms with Crippen LogP contribution in [0.5, 0.6) is 0 Å². The molecule has 0 aromatic heterocycles. The summed E-state index contributed by atoms with van der Waals surface area (Å²) in [4.78, 5) is 12.0. The van der Waals surface area contributed by atoms with Gasteiger partial charge in [-0.3, -0.25) is 4.79 Å². The third-order valence-corrected chi connectivity index (χ3v) is 4.91. The van der Waals surface area contributed by atoms with Crippen molar-refractivity contribution in [3.63, 3.8) is 0 Å². The van der Waals surface area contributed by atoms with Crippen LogP contribution in [0.1, 0.15) is 85.0 Å². The zero-order valence-corrected chi connectivity index (χ0v) is 15.3. The number of rotatable bonds is 15. The highest BCUT2D eigenvalue weighted by Gasteiger charge is 2.30. The molecule has 0 aliphatic carbocycles. The van der Waals surface area contributed by atoms with Crippen LogP contribution in [0.25, 0.3) is 0 Å². The minimum atomic E-state index is -1.47. The molecular weight excluding hydrogens is 292 g/mol. The number of hydrogen-bond acceptors (Lipinski definition) is 4. The molecule has 0 saturated heterocycles. The predicted molar refractivity (Wildman–Crippen MR) is 94.3 cm³/mol. The van der Waals surface area contributed by atoms with Gasteiger partial charge in [0, 0.05) is 5.92 Å². The Morgan fingerprint density at radius 1 is 0.870 bits per heavy atom. The average Bonchev–Trinajstić information content (AvgIpc) is 2.57. The molecule has 138 valence electrons. The summed E-state index contributed by atoms with van der Waals surface area (Å²) in [6, 6.07) is 0. The number of unbranched alkanes of at least 4 members (excludes halogenated alkanes) is 8. The lowest BCUT2D eigenvalue weighted by molar-refractivity contribution is -0.139. The maximum absolute atomic E-state index is 12.0. The lowest BCUT2D eigenvalue weighted by Gasteiger charge is -2.23. The van der Waals surface area contributed by atoms with Gasteiger partial charge in [-0.1, -0.05) is 85.0 Å². The van der Waals surface area contributed by atoms with Gasteiger partial charge in [0.15, 0.2) is 5.78 Å². The molecule has 0 spiro atoms. The van der Waals surface area contributed by atoms with Gasteiger partial charge in [-0.25, -0.2) is 0 Å². The van der Waals surface area contributed by atoms with Crippen LogP contribution in [0, 0.1) is 11.8 Å². The third kappa shape index (κ3) is 10.1. The van der Waals surface area contributed by atoms with E-state index in [2.05, 4.69) is 6.92 Å². The fraction of sp³-hybridized carbons (Fsp3) is 0.947. The van der Waals surface area contributed by atoms with Gasteiger partial charge in [-0.2, -0.15) is 0 Å². The second kappa shape index (κ2) is 13.9. The predicted octanol–water partition coefficient (Wildman–Crippen LogP) is 3.46. The summed E-state index contributed by atoms with van der Waals surface area (Å²) in [7, 11) is 0. The zero-order chi connectivity index (χ0) is 17.7. The number of aliphatic hydroxyl groups excluding tert-OH is 3. The van der Waals surface area contributed by atoms with E-state index in [1.165, 1.54) is 51.4 Å². The first-order valence-electron chi connectivity index (χ1n) is 9.46. The maximum Gasteiger partial charge on any atom is 0.167 e. The molecule has 0 aliphatic rings. The Kier molecular flexibility index (Phi) is 13.7. The van der Waals surface area contributed by atoms with E-state index in [9.17, 15) is 15.0 Å². The minimum Gasteiger partial charge on any atom is -0.394 e. The van der Waals surface area contributed by atoms with Crippen LogP contribution in [0.15, 0.2) is 0 Å². The van der Waals surface area contributed by atoms with E-state index in [0.717, 1.165) is 12.8 Å². The summed E-state index contributed by atoms with van der Waals surface area (Å²) in [6.45, 7) is 5.46. The van der Waals surface area contributed by atoms with Crippen molar-refractivity contribution in [1.82, 2.24) is 0 Å². The molecular formula is C19H38O4. The van der Waals surface area contributed by atoms with Gasteiger partial charge >= 0.3 is 0 Å². The topological polar surface area (TPSA) is 77.8 Å². The maximum atomic E-state index is 12.0. The number of carbonyl (C=O) groups is 1. The largest absolute Gasteiger partial charge is 0.394 e. The van der Waals surface area contributed by atoms with Crippen molar-refractivity contribution in [2.75, 3.05) is 6.61 Å². The number of ketones is 1. The summed E-state index contributed by atoms with van der Waals surface area (Å²) in [5, 5.41) is 27.8. The summed E-state index contributed by atoms with van der Waals surface area (Å²) in [5.41, 5.74) is 0. The Balaban J connectivity index is 3.76. The number of Topliss-reactive ketones (excluding diaryl/α,β-unsaturated/α-hetero) is 1. The van der Waals surface area contributed by atoms with Gasteiger partial charge in [0.25, 0.3) is 0 Å². The quantitative estimate of drug-likeness (QED) is 0.402. The molecule has 4 unspecified atom stereocenters. The zero-order valence-electron chi connectivity index (χ0n) is 15.3. The van der Waals surface area contributed by atoms with E-state index >= 15 is 0 Å². The average molecular weight is 331 g/mol. The molecule has 0 rings (SSSR count). The molecule has 4 nitrogen and oxygen atoms in total. The van der Waals surface area contributed by atoms with Gasteiger partial charge in [-0.05, 0) is 5.92 Å². The lowest BCUT2D eigenvalue weighted by Crippen LogP contribution is -2.40. The van der Waals surface area contributed by atoms with Crippen molar-refractivity contribution in [2.45, 2.75) is 97.2 Å². The number of hydrogen-bond donors (Lipinski definition) is 3. The van der Waals surface area contributed by atoms with Gasteiger partial charge < -0.3 is 15.3 Å². The Morgan fingerprint density at radius 2 is 1.35 bits per heavy atom. The van der Waals surface area contributed by atoms with Crippen molar-refractivity contribution in [2.24, 2.45) is 11.8 Å². The van der Waals surface area contributed by atoms with E-state index in [1.807, 2.05) is 6.92 Å². The first-order chi connectivity index (χ1) is 11.0. The highest BCUT2D eigenvalue weighted by molar-refractivity contribution is 5.85. The van der Waals surface area contributed by atoms with Crippen molar-refractivity contribution in [1.29, 1.82) is 0 Å². The molecule has 4 heteroatoms. The SMILES string of the molecule is CCCCCCCCCCCC(C)C(C)C(=O)C(O)C(O)CO. The van der Waals surface area contributed by atoms with Gasteiger partial charge in [-0.15, -0.1) is 0 Å². The lowest BCUT2D eigenvalue weighted by atomic mass is 9.84. The van der Waals surface area contributed by atoms with E-state index in [0.29, 0.717) is 0 Å². The normalized spacial score (nSPS) is 16.8. The molecule has 0 saturated carbocycles. The molecule has 23 heavy (non-hydrogen) atoms. The van der Waals surface area contributed by atoms with Crippen molar-refractivity contribution in [3.05, 3.63) is 0 Å². The van der Waals surface area contributed by atoms with Crippen LogP contribution in [0.3, 0.4) is 0 Å². The molecule has 0 amide bonds. The Hall–Kier alpha value is -0.450. The molecule has 3 N–H and O–H groups in total. The third-order valence-electron chi connectivity index (χ3n) is 4.91. The molecule has 0 aromatic rings. The van der Waals surface area contributed by atoms with Gasteiger partial charge in [0.05, 0.1) is 6.61 Å². The molecule has 0 aliphatic heterocycles. The van der Waals surface area contributed by atoms with Crippen LogP contribution in [0.4, 0.5) is 0 Å². The fourth-order valence-corrected chi connectivity index (χ4v) is 2.87. The molecule has 0 bridgehead atoms. The number of carbonyl (C=O) groups excluding carboxylic acids is 1. The van der Waals surface area contributed by atoms with E-state index in [4.69, 9.17) is 5.11 Å². The van der Waals surface area contributed by atoms with Crippen LogP contribution >= 0.6 is 0 Å². The first-order valence-corrected chi connectivity index (χ1v) is 9.46. The number of aliphatic hydroxyl groups is 3. The highest BCUT2D eigenvalue weighted by atomic mass is 16.4. The van der Waals surface area contributed by atoms with E-state index in [1.54, 1.807) is 6.92 Å². The molecule has 0 aromatic carbocycles. The standard InChI is InChI=1S/C19H38O4/c1-4-5-6-7-8-9-10-11-12-13-15(2)16(3)18(22)19(23)17(21)14-20/h15-17,19-21,23H,4-14H2,1-3H3. The van der Waals surface area contributed by atoms with Gasteiger partial charge in [0.1, 0.15) is 12.2 Å². The van der Waals surface area contributed by atoms with Crippen molar-refractivity contribution in [3.8, 4) is 0 Å². The monoisotopic (exact) mass is 330 g/mol. The highest BCUT2D eigenvalue weighted by Crippen LogP contribution is 2.22. The van der Waals surface area contributed by atoms with Gasteiger partial charge in [0.2, 0.25) is 0 Å². The second-order valence-electron chi connectivity index (χ2n) is 6.98. The second-order valence-corrected chi connectivity index (χ2v) is 6.98. The fourth-order valence-electron chi connectivity index (χ4n) is 2.87. The van der Waals surface area contributed by atoms with E-state index < -0.39 is 18.8 Å². The molecule has 0 radical (unpaired) electrons.